The molecule has 0 atom stereocenters. The number of ketones is 2. The second-order valence-corrected chi connectivity index (χ2v) is 20.3. The van der Waals surface area contributed by atoms with E-state index in [1.807, 2.05) is 24.3 Å². The lowest BCUT2D eigenvalue weighted by molar-refractivity contribution is -0.114. The minimum absolute atomic E-state index is 0.0426. The van der Waals surface area contributed by atoms with E-state index < -0.39 is 0 Å². The lowest BCUT2D eigenvalue weighted by Gasteiger charge is -2.18. The summed E-state index contributed by atoms with van der Waals surface area (Å²) in [5, 5.41) is 5.10. The predicted octanol–water partition coefficient (Wildman–Crippen LogP) is 16.4. The number of hydrogen-bond donors (Lipinski definition) is 0. The SMILES string of the molecule is C=CC(=O)Cc1ccc(Cc2ccc(Cc3ccc(Cc4cc(-c5c(Cc6ccc(Cc7ccc(Cc8ccc(CC(=O)C=C)cc8)cc7)cc6)ccc6cc(C)ccc56)c5ccc(C)cc5c4)cc3)cc2)cc1. The molecule has 10 aromatic carbocycles. The molecule has 0 spiro atoms. The van der Waals surface area contributed by atoms with Gasteiger partial charge in [-0.1, -0.05) is 231 Å². The van der Waals surface area contributed by atoms with Gasteiger partial charge in [0.1, 0.15) is 0 Å². The molecule has 0 bridgehead atoms. The predicted molar refractivity (Wildman–Crippen MR) is 310 cm³/mol. The molecular formula is C72H62O2. The van der Waals surface area contributed by atoms with E-state index in [0.717, 1.165) is 49.7 Å². The van der Waals surface area contributed by atoms with Gasteiger partial charge in [0, 0.05) is 12.8 Å². The maximum atomic E-state index is 11.8. The van der Waals surface area contributed by atoms with Crippen LogP contribution in [0.4, 0.5) is 0 Å². The average Bonchev–Trinajstić information content (AvgIpc) is 3.42. The Kier molecular flexibility index (Phi) is 15.0. The molecule has 0 N–H and O–H groups in total. The van der Waals surface area contributed by atoms with E-state index >= 15 is 0 Å². The first-order valence-corrected chi connectivity index (χ1v) is 25.9. The van der Waals surface area contributed by atoms with Crippen LogP contribution in [0.1, 0.15) is 89.0 Å². The maximum absolute atomic E-state index is 11.8. The Labute approximate surface area is 437 Å². The number of carbonyl (C=O) groups excluding carboxylic acids is 2. The number of rotatable bonds is 19. The van der Waals surface area contributed by atoms with E-state index in [2.05, 4.69) is 209 Å². The molecule has 2 heteroatoms. The fourth-order valence-electron chi connectivity index (χ4n) is 10.4. The highest BCUT2D eigenvalue weighted by molar-refractivity contribution is 6.07. The van der Waals surface area contributed by atoms with E-state index in [0.29, 0.717) is 12.8 Å². The molecule has 0 saturated heterocycles. The van der Waals surface area contributed by atoms with E-state index in [-0.39, 0.29) is 11.6 Å². The zero-order valence-electron chi connectivity index (χ0n) is 42.7. The molecule has 362 valence electrons. The molecule has 10 aromatic rings. The Morgan fingerprint density at radius 1 is 0.324 bits per heavy atom. The van der Waals surface area contributed by atoms with Crippen LogP contribution in [0.15, 0.2) is 232 Å². The monoisotopic (exact) mass is 958 g/mol. The Hall–Kier alpha value is -8.46. The summed E-state index contributed by atoms with van der Waals surface area (Å²) in [6, 6.07) is 76.4. The molecule has 0 radical (unpaired) electrons. The number of aryl methyl sites for hydroxylation is 2. The lowest BCUT2D eigenvalue weighted by atomic mass is 9.85. The molecule has 0 aromatic heterocycles. The fourth-order valence-corrected chi connectivity index (χ4v) is 10.4. The molecule has 0 fully saturated rings. The second kappa shape index (κ2) is 22.5. The standard InChI is InChI=1S/C72H62O2/c1-5-67(73)46-61-29-23-57(24-30-61)41-53-13-9-51(10-14-53)39-55-17-19-59(20-18-55)43-63-45-66-38-50(4)7-35-69(66)71(48-63)72-65(34-33-64-37-49(3)8-36-70(64)72)44-60-27-21-56(22-28-60)40-52-11-15-54(16-12-52)42-58-25-31-62(32-26-58)47-68(74)6-2/h5-38,45,48H,1-2,39-44,46-47H2,3-4H3. The van der Waals surface area contributed by atoms with Gasteiger partial charge in [0.2, 0.25) is 0 Å². The Bertz CT molecular complexity index is 3630. The molecule has 0 aliphatic heterocycles. The summed E-state index contributed by atoms with van der Waals surface area (Å²) in [7, 11) is 0. The third kappa shape index (κ3) is 12.2. The van der Waals surface area contributed by atoms with Crippen LogP contribution in [0.5, 0.6) is 0 Å². The van der Waals surface area contributed by atoms with Crippen molar-refractivity contribution in [1.29, 1.82) is 0 Å². The van der Waals surface area contributed by atoms with Gasteiger partial charge in [-0.05, 0) is 175 Å². The van der Waals surface area contributed by atoms with Gasteiger partial charge in [-0.15, -0.1) is 0 Å². The van der Waals surface area contributed by atoms with Crippen molar-refractivity contribution in [3.63, 3.8) is 0 Å². The van der Waals surface area contributed by atoms with Crippen LogP contribution in [0.2, 0.25) is 0 Å². The van der Waals surface area contributed by atoms with Crippen molar-refractivity contribution in [2.24, 2.45) is 0 Å². The van der Waals surface area contributed by atoms with Crippen molar-refractivity contribution in [2.45, 2.75) is 65.2 Å². The van der Waals surface area contributed by atoms with Crippen molar-refractivity contribution in [3.8, 4) is 11.1 Å². The van der Waals surface area contributed by atoms with Crippen LogP contribution in [0, 0.1) is 13.8 Å². The summed E-state index contributed by atoms with van der Waals surface area (Å²) in [6.45, 7) is 11.6. The van der Waals surface area contributed by atoms with Crippen LogP contribution in [-0.4, -0.2) is 11.6 Å². The summed E-state index contributed by atoms with van der Waals surface area (Å²) in [5.41, 5.74) is 22.6. The highest BCUT2D eigenvalue weighted by Gasteiger charge is 2.17. The van der Waals surface area contributed by atoms with E-state index in [1.54, 1.807) is 0 Å². The fraction of sp³-hybridized carbons (Fsp3) is 0.139. The third-order valence-corrected chi connectivity index (χ3v) is 14.5. The summed E-state index contributed by atoms with van der Waals surface area (Å²) in [5.74, 6) is 0.0856. The zero-order valence-corrected chi connectivity index (χ0v) is 42.7. The molecule has 10 rings (SSSR count). The highest BCUT2D eigenvalue weighted by atomic mass is 16.1. The van der Waals surface area contributed by atoms with Crippen LogP contribution < -0.4 is 0 Å². The van der Waals surface area contributed by atoms with Gasteiger partial charge in [0.15, 0.2) is 11.6 Å². The Balaban J connectivity index is 0.845. The van der Waals surface area contributed by atoms with Crippen molar-refractivity contribution >= 4 is 33.1 Å². The first kappa shape index (κ1) is 49.1. The number of carbonyl (C=O) groups is 2. The van der Waals surface area contributed by atoms with Gasteiger partial charge in [-0.2, -0.15) is 0 Å². The Morgan fingerprint density at radius 3 is 1.03 bits per heavy atom. The normalized spacial score (nSPS) is 11.2. The number of fused-ring (bicyclic) bond motifs is 2. The van der Waals surface area contributed by atoms with Crippen LogP contribution >= 0.6 is 0 Å². The summed E-state index contributed by atoms with van der Waals surface area (Å²) >= 11 is 0. The van der Waals surface area contributed by atoms with Crippen molar-refractivity contribution in [3.05, 3.63) is 321 Å². The zero-order chi connectivity index (χ0) is 51.0. The summed E-state index contributed by atoms with van der Waals surface area (Å²) < 4.78 is 0. The summed E-state index contributed by atoms with van der Waals surface area (Å²) in [4.78, 5) is 23.5. The molecule has 2 nitrogen and oxygen atoms in total. The number of allylic oxidation sites excluding steroid dienone is 2. The molecule has 0 saturated carbocycles. The van der Waals surface area contributed by atoms with Crippen LogP contribution in [0.25, 0.3) is 32.7 Å². The van der Waals surface area contributed by atoms with E-state index in [9.17, 15) is 9.59 Å². The molecule has 0 unspecified atom stereocenters. The lowest BCUT2D eigenvalue weighted by Crippen LogP contribution is -1.98. The molecule has 74 heavy (non-hydrogen) atoms. The summed E-state index contributed by atoms with van der Waals surface area (Å²) in [6.07, 6.45) is 8.72. The highest BCUT2D eigenvalue weighted by Crippen LogP contribution is 2.40. The van der Waals surface area contributed by atoms with Gasteiger partial charge in [0.25, 0.3) is 0 Å². The smallest absolute Gasteiger partial charge is 0.159 e. The van der Waals surface area contributed by atoms with Gasteiger partial charge in [-0.25, -0.2) is 0 Å². The Morgan fingerprint density at radius 2 is 0.649 bits per heavy atom. The molecule has 0 aliphatic carbocycles. The van der Waals surface area contributed by atoms with Gasteiger partial charge >= 0.3 is 0 Å². The minimum Gasteiger partial charge on any atom is -0.295 e. The van der Waals surface area contributed by atoms with Crippen molar-refractivity contribution < 1.29 is 9.59 Å². The molecule has 0 aliphatic rings. The van der Waals surface area contributed by atoms with Crippen LogP contribution in [0.3, 0.4) is 0 Å². The average molecular weight is 959 g/mol. The topological polar surface area (TPSA) is 34.1 Å². The van der Waals surface area contributed by atoms with E-state index in [1.165, 1.54) is 123 Å². The molecule has 0 heterocycles. The van der Waals surface area contributed by atoms with E-state index in [4.69, 9.17) is 0 Å². The quantitative estimate of drug-likeness (QED) is 0.0757. The van der Waals surface area contributed by atoms with Gasteiger partial charge in [-0.3, -0.25) is 9.59 Å². The first-order valence-electron chi connectivity index (χ1n) is 25.9. The largest absolute Gasteiger partial charge is 0.295 e. The number of benzene rings is 10. The van der Waals surface area contributed by atoms with Gasteiger partial charge in [0.05, 0.1) is 0 Å². The second-order valence-electron chi connectivity index (χ2n) is 20.3. The number of hydrogen-bond acceptors (Lipinski definition) is 2. The molecule has 0 amide bonds. The minimum atomic E-state index is 0.0426. The molecular weight excluding hydrogens is 897 g/mol. The third-order valence-electron chi connectivity index (χ3n) is 14.5. The first-order chi connectivity index (χ1) is 36.1. The van der Waals surface area contributed by atoms with Gasteiger partial charge < -0.3 is 0 Å². The maximum Gasteiger partial charge on any atom is 0.159 e. The van der Waals surface area contributed by atoms with Crippen LogP contribution in [-0.2, 0) is 61.0 Å². The van der Waals surface area contributed by atoms with Crippen molar-refractivity contribution in [1.82, 2.24) is 0 Å². The van der Waals surface area contributed by atoms with Crippen molar-refractivity contribution in [2.75, 3.05) is 0 Å².